The number of nitrogens with one attached hydrogen (secondary N) is 1. The van der Waals surface area contributed by atoms with E-state index in [1.807, 2.05) is 27.7 Å². The molecule has 5 nitrogen and oxygen atoms in total. The van der Waals surface area contributed by atoms with Crippen LogP contribution in [-0.2, 0) is 4.74 Å². The highest BCUT2D eigenvalue weighted by molar-refractivity contribution is 6.21. The fraction of sp³-hybridized carbons (Fsp3) is 0.500. The molecule has 0 bridgehead atoms. The average molecular weight is 290 g/mol. The van der Waals surface area contributed by atoms with Crippen LogP contribution in [0.1, 0.15) is 48.4 Å². The van der Waals surface area contributed by atoms with Gasteiger partial charge in [-0.1, -0.05) is 26.0 Å². The lowest BCUT2D eigenvalue weighted by atomic mass is 10.1. The number of hydrogen-bond acceptors (Lipinski definition) is 4. The Morgan fingerprint density at radius 1 is 1.19 bits per heavy atom. The van der Waals surface area contributed by atoms with Crippen LogP contribution in [0.15, 0.2) is 24.3 Å². The monoisotopic (exact) mass is 290 g/mol. The molecule has 1 aromatic rings. The van der Waals surface area contributed by atoms with E-state index in [2.05, 4.69) is 5.32 Å². The number of carbonyl (C=O) groups excluding carboxylic acids is 2. The van der Waals surface area contributed by atoms with E-state index < -0.39 is 5.72 Å². The van der Waals surface area contributed by atoms with Crippen LogP contribution in [0.25, 0.3) is 0 Å². The summed E-state index contributed by atoms with van der Waals surface area (Å²) in [6.07, 6.45) is 0. The average Bonchev–Trinajstić information content (AvgIpc) is 2.94. The Balaban J connectivity index is 0.000000774. The molecule has 0 aromatic heterocycles. The van der Waals surface area contributed by atoms with E-state index in [-0.39, 0.29) is 17.9 Å². The van der Waals surface area contributed by atoms with E-state index in [1.165, 1.54) is 4.90 Å². The molecular weight excluding hydrogens is 268 g/mol. The summed E-state index contributed by atoms with van der Waals surface area (Å²) in [7, 11) is 0. The Bertz CT molecular complexity index is 519. The number of hydrogen-bond donors (Lipinski definition) is 1. The molecule has 0 aliphatic carbocycles. The Hall–Kier alpha value is -1.72. The smallest absolute Gasteiger partial charge is 0.261 e. The van der Waals surface area contributed by atoms with Gasteiger partial charge in [0.2, 0.25) is 0 Å². The van der Waals surface area contributed by atoms with Crippen molar-refractivity contribution in [2.45, 2.75) is 39.5 Å². The molecule has 2 amide bonds. The van der Waals surface area contributed by atoms with Crippen molar-refractivity contribution in [2.75, 3.05) is 13.2 Å². The Labute approximate surface area is 125 Å². The predicted molar refractivity (Wildman–Crippen MR) is 80.1 cm³/mol. The molecule has 2 aliphatic rings. The van der Waals surface area contributed by atoms with Crippen molar-refractivity contribution < 1.29 is 14.3 Å². The summed E-state index contributed by atoms with van der Waals surface area (Å²) in [4.78, 5) is 25.7. The van der Waals surface area contributed by atoms with Crippen LogP contribution in [0.2, 0.25) is 0 Å². The Morgan fingerprint density at radius 3 is 2.14 bits per heavy atom. The summed E-state index contributed by atoms with van der Waals surface area (Å²) in [5.41, 5.74) is 0.583. The number of imide groups is 1. The lowest BCUT2D eigenvalue weighted by Crippen LogP contribution is -2.46. The molecule has 1 saturated heterocycles. The van der Waals surface area contributed by atoms with Gasteiger partial charge in [0.15, 0.2) is 0 Å². The van der Waals surface area contributed by atoms with Crippen LogP contribution in [0.5, 0.6) is 0 Å². The molecule has 0 radical (unpaired) electrons. The molecule has 114 valence electrons. The van der Waals surface area contributed by atoms with Crippen LogP contribution in [-0.4, -0.2) is 41.6 Å². The molecular formula is C16H22N2O3. The zero-order valence-electron chi connectivity index (χ0n) is 13.0. The largest absolute Gasteiger partial charge is 0.360 e. The van der Waals surface area contributed by atoms with E-state index in [4.69, 9.17) is 4.74 Å². The van der Waals surface area contributed by atoms with E-state index in [0.717, 1.165) is 0 Å². The molecule has 21 heavy (non-hydrogen) atoms. The number of benzene rings is 1. The van der Waals surface area contributed by atoms with E-state index >= 15 is 0 Å². The second-order valence-corrected chi connectivity index (χ2v) is 5.43. The van der Waals surface area contributed by atoms with Gasteiger partial charge < -0.3 is 4.74 Å². The first-order valence-corrected chi connectivity index (χ1v) is 7.35. The number of fused-ring (bicyclic) bond motifs is 1. The highest BCUT2D eigenvalue weighted by Gasteiger charge is 2.39. The maximum absolute atomic E-state index is 12.2. The predicted octanol–water partition coefficient (Wildman–Crippen LogP) is 2.03. The summed E-state index contributed by atoms with van der Waals surface area (Å²) in [6.45, 7) is 8.70. The van der Waals surface area contributed by atoms with Crippen molar-refractivity contribution in [3.8, 4) is 0 Å². The van der Waals surface area contributed by atoms with Crippen LogP contribution in [0, 0.1) is 0 Å². The zero-order valence-corrected chi connectivity index (χ0v) is 13.0. The van der Waals surface area contributed by atoms with Gasteiger partial charge in [-0.05, 0) is 26.0 Å². The molecule has 1 aromatic carbocycles. The maximum Gasteiger partial charge on any atom is 0.261 e. The van der Waals surface area contributed by atoms with Crippen molar-refractivity contribution in [3.05, 3.63) is 35.4 Å². The van der Waals surface area contributed by atoms with Crippen LogP contribution < -0.4 is 5.32 Å². The van der Waals surface area contributed by atoms with Crippen molar-refractivity contribution in [1.82, 2.24) is 10.2 Å². The highest BCUT2D eigenvalue weighted by Crippen LogP contribution is 2.24. The summed E-state index contributed by atoms with van der Waals surface area (Å²) in [5, 5.41) is 3.26. The van der Waals surface area contributed by atoms with Crippen LogP contribution in [0.3, 0.4) is 0 Å². The number of rotatable bonds is 2. The van der Waals surface area contributed by atoms with Gasteiger partial charge in [-0.15, -0.1) is 0 Å². The molecule has 1 fully saturated rings. The third-order valence-electron chi connectivity index (χ3n) is 3.48. The fourth-order valence-electron chi connectivity index (χ4n) is 2.61. The van der Waals surface area contributed by atoms with Gasteiger partial charge in [0.1, 0.15) is 5.72 Å². The van der Waals surface area contributed by atoms with Crippen molar-refractivity contribution >= 4 is 11.8 Å². The second kappa shape index (κ2) is 5.95. The second-order valence-electron chi connectivity index (χ2n) is 5.43. The Morgan fingerprint density at radius 2 is 1.71 bits per heavy atom. The molecule has 3 rings (SSSR count). The quantitative estimate of drug-likeness (QED) is 0.847. The maximum atomic E-state index is 12.2. The van der Waals surface area contributed by atoms with Gasteiger partial charge >= 0.3 is 0 Å². The first-order chi connectivity index (χ1) is 9.98. The number of ether oxygens (including phenoxy) is 1. The molecule has 0 saturated carbocycles. The first kappa shape index (κ1) is 15.7. The van der Waals surface area contributed by atoms with E-state index in [1.54, 1.807) is 24.3 Å². The normalized spacial score (nSPS) is 22.9. The number of nitrogens with zero attached hydrogens (tertiary/aromatic N) is 1. The number of amides is 2. The summed E-state index contributed by atoms with van der Waals surface area (Å²) >= 11 is 0. The van der Waals surface area contributed by atoms with Gasteiger partial charge in [0, 0.05) is 6.54 Å². The van der Waals surface area contributed by atoms with E-state index in [0.29, 0.717) is 24.3 Å². The third-order valence-corrected chi connectivity index (χ3v) is 3.48. The van der Waals surface area contributed by atoms with Gasteiger partial charge in [0.05, 0.1) is 23.8 Å². The lowest BCUT2D eigenvalue weighted by Gasteiger charge is -2.21. The molecule has 1 atom stereocenters. The molecule has 2 heterocycles. The highest BCUT2D eigenvalue weighted by atomic mass is 16.5. The Kier molecular flexibility index (Phi) is 4.44. The number of carbonyl (C=O) groups is 2. The van der Waals surface area contributed by atoms with Crippen LogP contribution in [0.4, 0.5) is 0 Å². The summed E-state index contributed by atoms with van der Waals surface area (Å²) in [5.74, 6) is -0.431. The molecule has 2 aliphatic heterocycles. The van der Waals surface area contributed by atoms with E-state index in [9.17, 15) is 9.59 Å². The topological polar surface area (TPSA) is 58.6 Å². The molecule has 1 unspecified atom stereocenters. The first-order valence-electron chi connectivity index (χ1n) is 7.35. The van der Waals surface area contributed by atoms with Crippen molar-refractivity contribution in [2.24, 2.45) is 0 Å². The minimum absolute atomic E-state index is 0.0165. The van der Waals surface area contributed by atoms with Crippen molar-refractivity contribution in [3.63, 3.8) is 0 Å². The van der Waals surface area contributed by atoms with Gasteiger partial charge in [-0.3, -0.25) is 19.8 Å². The van der Waals surface area contributed by atoms with Gasteiger partial charge in [0.25, 0.3) is 11.8 Å². The molecule has 5 heteroatoms. The van der Waals surface area contributed by atoms with Gasteiger partial charge in [-0.2, -0.15) is 0 Å². The third kappa shape index (κ3) is 2.99. The zero-order chi connectivity index (χ0) is 15.6. The summed E-state index contributed by atoms with van der Waals surface area (Å²) in [6, 6.07) is 6.91. The lowest BCUT2D eigenvalue weighted by molar-refractivity contribution is 0.0231. The SMILES string of the molecule is CC.CC1(C)NC(CN2C(=O)c3ccccc3C2=O)CO1. The summed E-state index contributed by atoms with van der Waals surface area (Å²) < 4.78 is 5.55. The minimum Gasteiger partial charge on any atom is -0.360 e. The van der Waals surface area contributed by atoms with Crippen molar-refractivity contribution in [1.29, 1.82) is 0 Å². The van der Waals surface area contributed by atoms with Gasteiger partial charge in [-0.25, -0.2) is 0 Å². The van der Waals surface area contributed by atoms with Crippen LogP contribution >= 0.6 is 0 Å². The standard InChI is InChI=1S/C14H16N2O3.C2H6/c1-14(2)15-9(8-19-14)7-16-12(17)10-5-3-4-6-11(10)13(16)18;1-2/h3-6,9,15H,7-8H2,1-2H3;1-2H3. The minimum atomic E-state index is -0.399. The fourth-order valence-corrected chi connectivity index (χ4v) is 2.61. The molecule has 0 spiro atoms. The molecule has 1 N–H and O–H groups in total.